The van der Waals surface area contributed by atoms with Crippen molar-refractivity contribution in [2.24, 2.45) is 5.16 Å². The van der Waals surface area contributed by atoms with Crippen molar-refractivity contribution >= 4 is 16.8 Å². The molecule has 5 nitrogen and oxygen atoms in total. The number of β-amino-alcohol motifs (C(OH)–C–C–N with tert-alkyl or cyclic N) is 1. The summed E-state index contributed by atoms with van der Waals surface area (Å²) >= 11 is 5.97. The minimum absolute atomic E-state index is 0.146. The highest BCUT2D eigenvalue weighted by Crippen LogP contribution is 2.09. The van der Waals surface area contributed by atoms with Crippen LogP contribution >= 0.6 is 11.6 Å². The molecule has 0 aromatic carbocycles. The minimum Gasteiger partial charge on any atom is -0.392 e. The first-order valence-corrected chi connectivity index (χ1v) is 7.30. The number of aliphatic hydroxyl groups excluding tert-OH is 1. The Balaban J connectivity index is 1.71. The molecular weight excluding hydrogens is 278 g/mol. The number of aliphatic hydroxyl groups is 1. The van der Waals surface area contributed by atoms with Gasteiger partial charge < -0.3 is 14.8 Å². The molecule has 0 saturated carbocycles. The van der Waals surface area contributed by atoms with E-state index < -0.39 is 6.10 Å². The monoisotopic (exact) mass is 297 g/mol. The van der Waals surface area contributed by atoms with E-state index in [4.69, 9.17) is 16.4 Å². The largest absolute Gasteiger partial charge is 0.392 e. The van der Waals surface area contributed by atoms with Gasteiger partial charge in [-0.05, 0) is 38.1 Å². The second-order valence-corrected chi connectivity index (χ2v) is 5.29. The van der Waals surface area contributed by atoms with E-state index in [1.807, 2.05) is 0 Å². The smallest absolute Gasteiger partial charge is 0.177 e. The van der Waals surface area contributed by atoms with Gasteiger partial charge in [0, 0.05) is 24.5 Å². The molecule has 1 saturated heterocycles. The second-order valence-electron chi connectivity index (χ2n) is 4.93. The molecule has 1 fully saturated rings. The highest BCUT2D eigenvalue weighted by molar-refractivity contribution is 6.69. The van der Waals surface area contributed by atoms with Gasteiger partial charge in [-0.2, -0.15) is 0 Å². The molecule has 6 heteroatoms. The lowest BCUT2D eigenvalue weighted by molar-refractivity contribution is 0.0161. The molecule has 1 aromatic heterocycles. The Hall–Kier alpha value is -1.17. The first-order chi connectivity index (χ1) is 9.75. The standard InChI is InChI=1S/C14H20ClN3O2/c15-14(12-5-4-6-16-9-12)17-20-11-13(19)10-18-7-2-1-3-8-18/h4-6,9,13,19H,1-3,7-8,10-11H2/b17-14-. The number of piperidine rings is 1. The van der Waals surface area contributed by atoms with Crippen LogP contribution in [0.1, 0.15) is 24.8 Å². The van der Waals surface area contributed by atoms with Crippen LogP contribution in [0.3, 0.4) is 0 Å². The van der Waals surface area contributed by atoms with E-state index in [0.29, 0.717) is 12.1 Å². The number of oxime groups is 1. The number of nitrogens with zero attached hydrogens (tertiary/aromatic N) is 3. The topological polar surface area (TPSA) is 58.0 Å². The fraction of sp³-hybridized carbons (Fsp3) is 0.571. The Kier molecular flexibility index (Phi) is 6.24. The quantitative estimate of drug-likeness (QED) is 0.643. The zero-order valence-electron chi connectivity index (χ0n) is 11.4. The summed E-state index contributed by atoms with van der Waals surface area (Å²) in [7, 11) is 0. The highest BCUT2D eigenvalue weighted by Gasteiger charge is 2.14. The van der Waals surface area contributed by atoms with Crippen LogP contribution in [0.4, 0.5) is 0 Å². The van der Waals surface area contributed by atoms with Gasteiger partial charge in [0.15, 0.2) is 5.17 Å². The molecule has 20 heavy (non-hydrogen) atoms. The van der Waals surface area contributed by atoms with Gasteiger partial charge in [0.25, 0.3) is 0 Å². The van der Waals surface area contributed by atoms with Crippen LogP contribution in [0.2, 0.25) is 0 Å². The number of halogens is 1. The third-order valence-electron chi connectivity index (χ3n) is 3.23. The number of pyridine rings is 1. The number of likely N-dealkylation sites (tertiary alicyclic amines) is 1. The fourth-order valence-electron chi connectivity index (χ4n) is 2.21. The molecular formula is C14H20ClN3O2. The first kappa shape index (κ1) is 15.2. The van der Waals surface area contributed by atoms with Gasteiger partial charge in [-0.15, -0.1) is 0 Å². The molecule has 0 bridgehead atoms. The number of hydrogen-bond donors (Lipinski definition) is 1. The number of aromatic nitrogens is 1. The molecule has 0 aliphatic carbocycles. The number of rotatable bonds is 6. The lowest BCUT2D eigenvalue weighted by atomic mass is 10.1. The maximum atomic E-state index is 9.89. The molecule has 0 spiro atoms. The molecule has 1 aromatic rings. The van der Waals surface area contributed by atoms with Crippen molar-refractivity contribution in [3.8, 4) is 0 Å². The molecule has 0 radical (unpaired) electrons. The summed E-state index contributed by atoms with van der Waals surface area (Å²) in [4.78, 5) is 11.3. The van der Waals surface area contributed by atoms with Gasteiger partial charge in [0.1, 0.15) is 12.7 Å². The fourth-order valence-corrected chi connectivity index (χ4v) is 2.37. The minimum atomic E-state index is -0.546. The molecule has 1 aliphatic heterocycles. The van der Waals surface area contributed by atoms with Crippen LogP contribution < -0.4 is 0 Å². The van der Waals surface area contributed by atoms with Crippen LogP contribution in [0.5, 0.6) is 0 Å². The maximum absolute atomic E-state index is 9.89. The van der Waals surface area contributed by atoms with Crippen molar-refractivity contribution in [3.63, 3.8) is 0 Å². The second kappa shape index (κ2) is 8.19. The van der Waals surface area contributed by atoms with Crippen molar-refractivity contribution in [2.75, 3.05) is 26.2 Å². The predicted molar refractivity (Wildman–Crippen MR) is 78.9 cm³/mol. The summed E-state index contributed by atoms with van der Waals surface area (Å²) in [5.74, 6) is 0. The Bertz CT molecular complexity index is 422. The first-order valence-electron chi connectivity index (χ1n) is 6.92. The molecule has 1 N–H and O–H groups in total. The molecule has 2 heterocycles. The molecule has 1 unspecified atom stereocenters. The van der Waals surface area contributed by atoms with Crippen LogP contribution in [-0.4, -0.2) is 52.5 Å². The van der Waals surface area contributed by atoms with Gasteiger partial charge in [0.2, 0.25) is 0 Å². The predicted octanol–water partition coefficient (Wildman–Crippen LogP) is 1.85. The van der Waals surface area contributed by atoms with Gasteiger partial charge in [-0.3, -0.25) is 4.98 Å². The SMILES string of the molecule is OC(CO/N=C(\Cl)c1cccnc1)CN1CCCCC1. The summed E-state index contributed by atoms with van der Waals surface area (Å²) in [6.07, 6.45) is 6.43. The molecule has 1 aliphatic rings. The molecule has 110 valence electrons. The molecule has 2 rings (SSSR count). The van der Waals surface area contributed by atoms with Gasteiger partial charge in [0.05, 0.1) is 0 Å². The molecule has 1 atom stereocenters. The lowest BCUT2D eigenvalue weighted by Crippen LogP contribution is -2.38. The summed E-state index contributed by atoms with van der Waals surface area (Å²) in [5, 5.41) is 13.9. The highest BCUT2D eigenvalue weighted by atomic mass is 35.5. The van der Waals surface area contributed by atoms with Crippen LogP contribution in [0.15, 0.2) is 29.7 Å². The van der Waals surface area contributed by atoms with E-state index in [1.54, 1.807) is 24.5 Å². The van der Waals surface area contributed by atoms with Crippen molar-refractivity contribution in [2.45, 2.75) is 25.4 Å². The van der Waals surface area contributed by atoms with Gasteiger partial charge >= 0.3 is 0 Å². The zero-order valence-corrected chi connectivity index (χ0v) is 12.2. The van der Waals surface area contributed by atoms with Crippen LogP contribution in [0, 0.1) is 0 Å². The van der Waals surface area contributed by atoms with Gasteiger partial charge in [-0.1, -0.05) is 23.2 Å². The zero-order chi connectivity index (χ0) is 14.2. The van der Waals surface area contributed by atoms with Crippen LogP contribution in [-0.2, 0) is 4.84 Å². The Morgan fingerprint density at radius 3 is 2.95 bits per heavy atom. The molecule has 0 amide bonds. The summed E-state index contributed by atoms with van der Waals surface area (Å²) in [6.45, 7) is 2.88. The summed E-state index contributed by atoms with van der Waals surface area (Å²) < 4.78 is 0. The third kappa shape index (κ3) is 5.07. The maximum Gasteiger partial charge on any atom is 0.177 e. The van der Waals surface area contributed by atoms with E-state index >= 15 is 0 Å². The lowest BCUT2D eigenvalue weighted by Gasteiger charge is -2.27. The Labute approximate surface area is 124 Å². The van der Waals surface area contributed by atoms with E-state index in [9.17, 15) is 5.11 Å². The van der Waals surface area contributed by atoms with E-state index in [0.717, 1.165) is 13.1 Å². The van der Waals surface area contributed by atoms with Crippen molar-refractivity contribution in [1.82, 2.24) is 9.88 Å². The Morgan fingerprint density at radius 2 is 2.25 bits per heavy atom. The van der Waals surface area contributed by atoms with Crippen molar-refractivity contribution in [3.05, 3.63) is 30.1 Å². The van der Waals surface area contributed by atoms with E-state index in [1.165, 1.54) is 19.3 Å². The normalized spacial score (nSPS) is 18.8. The van der Waals surface area contributed by atoms with E-state index in [2.05, 4.69) is 15.0 Å². The average Bonchev–Trinajstić information content (AvgIpc) is 2.49. The number of hydrogen-bond acceptors (Lipinski definition) is 5. The summed E-state index contributed by atoms with van der Waals surface area (Å²) in [5.41, 5.74) is 0.694. The van der Waals surface area contributed by atoms with Crippen molar-refractivity contribution < 1.29 is 9.94 Å². The van der Waals surface area contributed by atoms with Crippen molar-refractivity contribution in [1.29, 1.82) is 0 Å². The van der Waals surface area contributed by atoms with Crippen LogP contribution in [0.25, 0.3) is 0 Å². The third-order valence-corrected chi connectivity index (χ3v) is 3.52. The average molecular weight is 298 g/mol. The summed E-state index contributed by atoms with van der Waals surface area (Å²) in [6, 6.07) is 3.57. The van der Waals surface area contributed by atoms with E-state index in [-0.39, 0.29) is 11.8 Å². The van der Waals surface area contributed by atoms with Gasteiger partial charge in [-0.25, -0.2) is 0 Å². The Morgan fingerprint density at radius 1 is 1.45 bits per heavy atom.